The number of aliphatic hydroxyl groups excluding tert-OH is 1. The highest BCUT2D eigenvalue weighted by atomic mass is 16.3. The van der Waals surface area contributed by atoms with Crippen LogP contribution in [-0.2, 0) is 4.79 Å². The predicted molar refractivity (Wildman–Crippen MR) is 106 cm³/mol. The minimum atomic E-state index is -0.166. The van der Waals surface area contributed by atoms with E-state index in [1.54, 1.807) is 11.1 Å². The van der Waals surface area contributed by atoms with Crippen LogP contribution in [0, 0.1) is 33.5 Å². The van der Waals surface area contributed by atoms with Crippen molar-refractivity contribution in [2.45, 2.75) is 99.0 Å². The lowest BCUT2D eigenvalue weighted by molar-refractivity contribution is -0.126. The van der Waals surface area contributed by atoms with Crippen molar-refractivity contribution in [3.8, 4) is 0 Å². The molecule has 4 aliphatic carbocycles. The average Bonchev–Trinajstić information content (AvgIpc) is 2.84. The molecular weight excluding hydrogens is 320 g/mol. The van der Waals surface area contributed by atoms with Gasteiger partial charge >= 0.3 is 0 Å². The second-order valence-corrected chi connectivity index (χ2v) is 11.3. The lowest BCUT2D eigenvalue weighted by Gasteiger charge is -2.61. The molecule has 0 aromatic carbocycles. The molecule has 0 heterocycles. The fourth-order valence-electron chi connectivity index (χ4n) is 8.32. The zero-order chi connectivity index (χ0) is 19.1. The largest absolute Gasteiger partial charge is 0.393 e. The van der Waals surface area contributed by atoms with Gasteiger partial charge in [0.05, 0.1) is 6.10 Å². The van der Waals surface area contributed by atoms with Crippen molar-refractivity contribution in [2.75, 3.05) is 0 Å². The van der Waals surface area contributed by atoms with Gasteiger partial charge in [-0.2, -0.15) is 0 Å². The summed E-state index contributed by atoms with van der Waals surface area (Å²) in [4.78, 5) is 12.4. The Morgan fingerprint density at radius 3 is 2.27 bits per heavy atom. The number of rotatable bonds is 1. The molecule has 4 aliphatic rings. The number of allylic oxidation sites excluding steroid dienone is 2. The maximum absolute atomic E-state index is 12.4. The Kier molecular flexibility index (Phi) is 3.93. The number of carbonyl (C=O) groups excluding carboxylic acids is 1. The fraction of sp³-hybridized carbons (Fsp3) is 0.875. The van der Waals surface area contributed by atoms with Gasteiger partial charge in [-0.3, -0.25) is 4.79 Å². The first kappa shape index (κ1) is 18.7. The Morgan fingerprint density at radius 1 is 0.923 bits per heavy atom. The molecule has 2 nitrogen and oxygen atoms in total. The minimum Gasteiger partial charge on any atom is -0.393 e. The van der Waals surface area contributed by atoms with E-state index in [0.717, 1.165) is 25.7 Å². The molecule has 2 saturated carbocycles. The Hall–Kier alpha value is -0.630. The quantitative estimate of drug-likeness (QED) is 0.612. The molecule has 6 unspecified atom stereocenters. The van der Waals surface area contributed by atoms with Crippen molar-refractivity contribution < 1.29 is 9.90 Å². The number of hydrogen-bond donors (Lipinski definition) is 1. The molecule has 0 radical (unpaired) electrons. The van der Waals surface area contributed by atoms with E-state index in [2.05, 4.69) is 34.6 Å². The maximum Gasteiger partial charge on any atom is 0.133 e. The number of ketones is 1. The summed E-state index contributed by atoms with van der Waals surface area (Å²) in [6.07, 6.45) is 8.87. The molecule has 0 amide bonds. The molecule has 146 valence electrons. The molecule has 0 spiro atoms. The molecule has 0 aliphatic heterocycles. The van der Waals surface area contributed by atoms with Crippen LogP contribution in [0.5, 0.6) is 0 Å². The summed E-state index contributed by atoms with van der Waals surface area (Å²) >= 11 is 0. The zero-order valence-corrected chi connectivity index (χ0v) is 17.7. The van der Waals surface area contributed by atoms with Gasteiger partial charge in [0, 0.05) is 5.92 Å². The van der Waals surface area contributed by atoms with E-state index in [-0.39, 0.29) is 33.7 Å². The van der Waals surface area contributed by atoms with Crippen LogP contribution >= 0.6 is 0 Å². The van der Waals surface area contributed by atoms with Crippen LogP contribution in [-0.4, -0.2) is 17.0 Å². The Labute approximate surface area is 159 Å². The Bertz CT molecular complexity index is 674. The second-order valence-electron chi connectivity index (χ2n) is 11.3. The molecule has 1 N–H and O–H groups in total. The molecule has 0 bridgehead atoms. The number of fused-ring (bicyclic) bond motifs is 4. The van der Waals surface area contributed by atoms with E-state index in [0.29, 0.717) is 11.7 Å². The lowest BCUT2D eigenvalue weighted by atomic mass is 9.43. The van der Waals surface area contributed by atoms with Crippen molar-refractivity contribution in [2.24, 2.45) is 33.5 Å². The fourth-order valence-corrected chi connectivity index (χ4v) is 8.32. The first-order chi connectivity index (χ1) is 12.0. The van der Waals surface area contributed by atoms with Crippen molar-refractivity contribution in [1.82, 2.24) is 0 Å². The third-order valence-electron chi connectivity index (χ3n) is 10.2. The molecule has 0 aromatic heterocycles. The predicted octanol–water partition coefficient (Wildman–Crippen LogP) is 5.69. The zero-order valence-electron chi connectivity index (χ0n) is 17.7. The lowest BCUT2D eigenvalue weighted by Crippen LogP contribution is -2.55. The van der Waals surface area contributed by atoms with E-state index in [1.165, 1.54) is 25.7 Å². The summed E-state index contributed by atoms with van der Waals surface area (Å²) in [6, 6.07) is 0. The summed E-state index contributed by atoms with van der Waals surface area (Å²) in [5, 5.41) is 10.7. The summed E-state index contributed by atoms with van der Waals surface area (Å²) in [5.74, 6) is 1.23. The van der Waals surface area contributed by atoms with E-state index in [1.807, 2.05) is 6.92 Å². The molecule has 2 fully saturated rings. The summed E-state index contributed by atoms with van der Waals surface area (Å²) in [6.45, 7) is 13.8. The number of carbonyl (C=O) groups is 1. The van der Waals surface area contributed by atoms with Gasteiger partial charge in [0.15, 0.2) is 0 Å². The van der Waals surface area contributed by atoms with Crippen LogP contribution in [0.25, 0.3) is 0 Å². The van der Waals surface area contributed by atoms with Gasteiger partial charge in [0.2, 0.25) is 0 Å². The van der Waals surface area contributed by atoms with E-state index in [9.17, 15) is 9.90 Å². The van der Waals surface area contributed by atoms with Gasteiger partial charge in [0.1, 0.15) is 5.78 Å². The Morgan fingerprint density at radius 2 is 1.62 bits per heavy atom. The van der Waals surface area contributed by atoms with Crippen molar-refractivity contribution in [3.63, 3.8) is 0 Å². The number of Topliss-reactive ketones (excluding diaryl/α,β-unsaturated/α-hetero) is 1. The van der Waals surface area contributed by atoms with Crippen LogP contribution in [0.15, 0.2) is 11.1 Å². The smallest absolute Gasteiger partial charge is 0.133 e. The summed E-state index contributed by atoms with van der Waals surface area (Å²) < 4.78 is 0. The standard InChI is InChI=1S/C24H38O2/c1-15(25)16-9-13-24(6)18-7-8-19-21(2,3)20(26)11-12-22(19,4)17(18)10-14-23(16,24)5/h16,19-20,26H,7-14H2,1-6H3. The molecular formula is C24H38O2. The monoisotopic (exact) mass is 358 g/mol. The first-order valence-electron chi connectivity index (χ1n) is 10.9. The van der Waals surface area contributed by atoms with E-state index < -0.39 is 0 Å². The molecule has 26 heavy (non-hydrogen) atoms. The van der Waals surface area contributed by atoms with Crippen LogP contribution < -0.4 is 0 Å². The molecule has 0 saturated heterocycles. The maximum atomic E-state index is 12.4. The molecule has 6 atom stereocenters. The highest BCUT2D eigenvalue weighted by Gasteiger charge is 2.63. The van der Waals surface area contributed by atoms with E-state index in [4.69, 9.17) is 0 Å². The van der Waals surface area contributed by atoms with Crippen LogP contribution in [0.4, 0.5) is 0 Å². The van der Waals surface area contributed by atoms with E-state index >= 15 is 0 Å². The highest BCUT2D eigenvalue weighted by molar-refractivity contribution is 5.80. The van der Waals surface area contributed by atoms with Gasteiger partial charge in [-0.05, 0) is 85.9 Å². The normalized spacial score (nSPS) is 50.0. The number of aliphatic hydroxyl groups is 1. The highest BCUT2D eigenvalue weighted by Crippen LogP contribution is 2.71. The topological polar surface area (TPSA) is 37.3 Å². The van der Waals surface area contributed by atoms with Gasteiger partial charge in [-0.15, -0.1) is 0 Å². The molecule has 2 heteroatoms. The van der Waals surface area contributed by atoms with Gasteiger partial charge < -0.3 is 5.11 Å². The minimum absolute atomic E-state index is 0.00474. The first-order valence-corrected chi connectivity index (χ1v) is 10.9. The van der Waals surface area contributed by atoms with Gasteiger partial charge in [-0.25, -0.2) is 0 Å². The molecule has 0 aromatic rings. The average molecular weight is 359 g/mol. The van der Waals surface area contributed by atoms with Gasteiger partial charge in [0.25, 0.3) is 0 Å². The second kappa shape index (κ2) is 5.46. The summed E-state index contributed by atoms with van der Waals surface area (Å²) in [5.41, 5.74) is 4.05. The van der Waals surface area contributed by atoms with Crippen molar-refractivity contribution in [1.29, 1.82) is 0 Å². The Balaban J connectivity index is 1.81. The van der Waals surface area contributed by atoms with Crippen LogP contribution in [0.2, 0.25) is 0 Å². The van der Waals surface area contributed by atoms with Crippen molar-refractivity contribution >= 4 is 5.78 Å². The molecule has 4 rings (SSSR count). The SMILES string of the molecule is CC(=O)C1CCC2(C)C3=C(CCC12C)C1(C)CCC(O)C(C)(C)C1CC3. The van der Waals surface area contributed by atoms with Crippen LogP contribution in [0.3, 0.4) is 0 Å². The third kappa shape index (κ3) is 2.06. The van der Waals surface area contributed by atoms with Crippen molar-refractivity contribution in [3.05, 3.63) is 11.1 Å². The van der Waals surface area contributed by atoms with Gasteiger partial charge in [-0.1, -0.05) is 45.8 Å². The third-order valence-corrected chi connectivity index (χ3v) is 10.2. The number of hydrogen-bond acceptors (Lipinski definition) is 2. The summed E-state index contributed by atoms with van der Waals surface area (Å²) in [7, 11) is 0. The van der Waals surface area contributed by atoms with Crippen LogP contribution in [0.1, 0.15) is 92.9 Å².